The first-order chi connectivity index (χ1) is 11.8. The van der Waals surface area contributed by atoms with Gasteiger partial charge in [0, 0.05) is 33.1 Å². The molecule has 0 aliphatic rings. The number of halogens is 9. The van der Waals surface area contributed by atoms with Crippen molar-refractivity contribution in [3.05, 3.63) is 50.8 Å². The molecule has 0 amide bonds. The van der Waals surface area contributed by atoms with Crippen LogP contribution in [0.15, 0.2) is 42.7 Å². The number of alkyl halides is 7. The summed E-state index contributed by atoms with van der Waals surface area (Å²) >= 11 is 1.78. The highest BCUT2D eigenvalue weighted by Crippen LogP contribution is 2.51. The molecule has 1 unspecified atom stereocenters. The second-order valence-corrected chi connectivity index (χ2v) is 8.03. The summed E-state index contributed by atoms with van der Waals surface area (Å²) in [6, 6.07) is 6.19. The Balaban J connectivity index is 2.56. The molecule has 0 spiro atoms. The minimum Gasteiger partial charge on any atom is -0.607 e. The third kappa shape index (κ3) is 3.92. The van der Waals surface area contributed by atoms with E-state index in [9.17, 15) is 35.3 Å². The normalized spacial score (nSPS) is 14.5. The molecule has 0 saturated heterocycles. The number of hydrogen-bond acceptors (Lipinski definition) is 2. The first kappa shape index (κ1) is 21.6. The molecule has 0 aliphatic carbocycles. The standard InChI is InChI=1S/C14H6Br2F7O2S/c15-7-4-10(16)9(6-8-2-1-3-25-8)11(5-7)26(24)14(22,23)12(17,18)13(19,20)21/h1-3,5H,6H2. The van der Waals surface area contributed by atoms with Crippen molar-refractivity contribution < 1.29 is 39.7 Å². The third-order valence-corrected chi connectivity index (χ3v) is 5.72. The van der Waals surface area contributed by atoms with Crippen molar-refractivity contribution in [3.63, 3.8) is 0 Å². The van der Waals surface area contributed by atoms with Gasteiger partial charge < -0.3 is 8.97 Å². The zero-order valence-corrected chi connectivity index (χ0v) is 16.1. The first-order valence-electron chi connectivity index (χ1n) is 6.46. The minimum absolute atomic E-state index is 0.0437. The predicted molar refractivity (Wildman–Crippen MR) is 84.5 cm³/mol. The van der Waals surface area contributed by atoms with Crippen molar-refractivity contribution >= 4 is 43.0 Å². The molecule has 12 heteroatoms. The van der Waals surface area contributed by atoms with Gasteiger partial charge in [0.05, 0.1) is 17.4 Å². The van der Waals surface area contributed by atoms with Gasteiger partial charge in [-0.1, -0.05) is 0 Å². The van der Waals surface area contributed by atoms with E-state index in [0.717, 1.165) is 6.07 Å². The van der Waals surface area contributed by atoms with Gasteiger partial charge in [-0.05, 0) is 44.0 Å². The predicted octanol–water partition coefficient (Wildman–Crippen LogP) is 6.09. The minimum atomic E-state index is -6.58. The first-order valence-corrected chi connectivity index (χ1v) is 9.19. The van der Waals surface area contributed by atoms with Gasteiger partial charge in [-0.2, -0.15) is 22.0 Å². The number of benzene rings is 1. The van der Waals surface area contributed by atoms with E-state index in [1.807, 2.05) is 0 Å². The van der Waals surface area contributed by atoms with Crippen LogP contribution in [0.4, 0.5) is 30.7 Å². The van der Waals surface area contributed by atoms with E-state index < -0.39 is 33.4 Å². The van der Waals surface area contributed by atoms with Crippen LogP contribution < -0.4 is 0 Å². The van der Waals surface area contributed by atoms with E-state index >= 15 is 0 Å². The maximum atomic E-state index is 13.9. The molecular weight excluding hydrogens is 525 g/mol. The Labute approximate surface area is 162 Å². The Hall–Kier alpha value is -0.720. The monoisotopic (exact) mass is 529 g/mol. The van der Waals surface area contributed by atoms with Gasteiger partial charge in [0.25, 0.3) is 0 Å². The number of rotatable bonds is 5. The molecule has 0 fully saturated rings. The van der Waals surface area contributed by atoms with E-state index in [-0.39, 0.29) is 26.7 Å². The number of furan rings is 1. The van der Waals surface area contributed by atoms with Gasteiger partial charge in [-0.3, -0.25) is 0 Å². The van der Waals surface area contributed by atoms with Crippen LogP contribution in [0, 0.1) is 6.07 Å². The molecule has 1 aromatic carbocycles. The van der Waals surface area contributed by atoms with Gasteiger partial charge in [0.2, 0.25) is 0 Å². The van der Waals surface area contributed by atoms with E-state index in [1.54, 1.807) is 0 Å². The smallest absolute Gasteiger partial charge is 0.486 e. The van der Waals surface area contributed by atoms with Crippen LogP contribution >= 0.6 is 31.9 Å². The van der Waals surface area contributed by atoms with Crippen LogP contribution in [0.1, 0.15) is 11.3 Å². The Morgan fingerprint density at radius 1 is 1.12 bits per heavy atom. The van der Waals surface area contributed by atoms with Gasteiger partial charge in [0.1, 0.15) is 5.76 Å². The molecule has 1 heterocycles. The SMILES string of the molecule is [O-][S+](c1cc(Br)[c]c(Br)c1Cc1ccco1)C(F)(F)C(F)(F)C(F)(F)F. The summed E-state index contributed by atoms with van der Waals surface area (Å²) in [6.07, 6.45) is -5.62. The zero-order chi connectivity index (χ0) is 19.9. The summed E-state index contributed by atoms with van der Waals surface area (Å²) in [5.41, 5.74) is -0.223. The Morgan fingerprint density at radius 2 is 1.73 bits per heavy atom. The Morgan fingerprint density at radius 3 is 2.23 bits per heavy atom. The fraction of sp³-hybridized carbons (Fsp3) is 0.286. The highest BCUT2D eigenvalue weighted by molar-refractivity contribution is 9.11. The van der Waals surface area contributed by atoms with E-state index in [2.05, 4.69) is 37.9 Å². The van der Waals surface area contributed by atoms with Gasteiger partial charge >= 0.3 is 17.4 Å². The van der Waals surface area contributed by atoms with E-state index in [0.29, 0.717) is 0 Å². The summed E-state index contributed by atoms with van der Waals surface area (Å²) in [5, 5.41) is -5.90. The fourth-order valence-corrected chi connectivity index (χ4v) is 4.65. The molecule has 143 valence electrons. The summed E-state index contributed by atoms with van der Waals surface area (Å²) in [4.78, 5) is -0.909. The average Bonchev–Trinajstić information content (AvgIpc) is 3.00. The maximum absolute atomic E-state index is 13.9. The summed E-state index contributed by atoms with van der Waals surface area (Å²) in [6.45, 7) is 0. The van der Waals surface area contributed by atoms with Crippen molar-refractivity contribution in [1.82, 2.24) is 0 Å². The lowest BCUT2D eigenvalue weighted by Crippen LogP contribution is -2.56. The molecule has 0 saturated carbocycles. The summed E-state index contributed by atoms with van der Waals surface area (Å²) in [7, 11) is 0. The Bertz CT molecular complexity index is 778. The molecule has 2 nitrogen and oxygen atoms in total. The lowest BCUT2D eigenvalue weighted by molar-refractivity contribution is -0.332. The van der Waals surface area contributed by atoms with E-state index in [4.69, 9.17) is 4.42 Å². The molecule has 0 N–H and O–H groups in total. The second kappa shape index (κ2) is 7.36. The third-order valence-electron chi connectivity index (χ3n) is 3.13. The fourth-order valence-electron chi connectivity index (χ4n) is 1.86. The average molecular weight is 531 g/mol. The largest absolute Gasteiger partial charge is 0.607 e. The lowest BCUT2D eigenvalue weighted by Gasteiger charge is -2.29. The molecular formula is C14H6Br2F7O2S. The molecule has 1 radical (unpaired) electrons. The van der Waals surface area contributed by atoms with Crippen LogP contribution in [0.5, 0.6) is 0 Å². The molecule has 0 bridgehead atoms. The molecule has 1 aromatic heterocycles. The molecule has 26 heavy (non-hydrogen) atoms. The summed E-state index contributed by atoms with van der Waals surface area (Å²) < 4.78 is 108. The topological polar surface area (TPSA) is 36.2 Å². The van der Waals surface area contributed by atoms with Crippen molar-refractivity contribution in [3.8, 4) is 0 Å². The van der Waals surface area contributed by atoms with Gasteiger partial charge in [0.15, 0.2) is 4.90 Å². The van der Waals surface area contributed by atoms with Crippen LogP contribution in [0.25, 0.3) is 0 Å². The highest BCUT2D eigenvalue weighted by Gasteiger charge is 2.80. The van der Waals surface area contributed by atoms with Gasteiger partial charge in [-0.15, -0.1) is 8.78 Å². The molecule has 1 atom stereocenters. The maximum Gasteiger partial charge on any atom is 0.486 e. The Kier molecular flexibility index (Phi) is 6.11. The van der Waals surface area contributed by atoms with Crippen LogP contribution in [-0.4, -0.2) is 21.9 Å². The lowest BCUT2D eigenvalue weighted by atomic mass is 10.1. The summed E-state index contributed by atoms with van der Waals surface area (Å²) in [5.74, 6) is -6.31. The van der Waals surface area contributed by atoms with Crippen molar-refractivity contribution in [2.24, 2.45) is 0 Å². The van der Waals surface area contributed by atoms with E-state index in [1.165, 1.54) is 18.4 Å². The van der Waals surface area contributed by atoms with Crippen LogP contribution in [-0.2, 0) is 17.6 Å². The number of hydrogen-bond donors (Lipinski definition) is 0. The molecule has 0 aliphatic heterocycles. The molecule has 2 rings (SSSR count). The van der Waals surface area contributed by atoms with Gasteiger partial charge in [-0.25, -0.2) is 0 Å². The van der Waals surface area contributed by atoms with Crippen LogP contribution in [0.3, 0.4) is 0 Å². The second-order valence-electron chi connectivity index (χ2n) is 4.89. The highest BCUT2D eigenvalue weighted by atomic mass is 79.9. The zero-order valence-electron chi connectivity index (χ0n) is 12.1. The van der Waals surface area contributed by atoms with Crippen molar-refractivity contribution in [2.45, 2.75) is 28.7 Å². The van der Waals surface area contributed by atoms with Crippen LogP contribution in [0.2, 0.25) is 0 Å². The quantitative estimate of drug-likeness (QED) is 0.346. The van der Waals surface area contributed by atoms with Crippen molar-refractivity contribution in [1.29, 1.82) is 0 Å². The molecule has 2 aromatic rings. The van der Waals surface area contributed by atoms with Crippen molar-refractivity contribution in [2.75, 3.05) is 0 Å².